The minimum atomic E-state index is -3.42. The van der Waals surface area contributed by atoms with Gasteiger partial charge in [0.1, 0.15) is 22.3 Å². The number of furan rings is 2. The number of hydrogen-bond donors (Lipinski definition) is 0. The van der Waals surface area contributed by atoms with Gasteiger partial charge < -0.3 is 18.6 Å². The minimum absolute atomic E-state index is 0.574. The van der Waals surface area contributed by atoms with Gasteiger partial charge in [-0.3, -0.25) is 0 Å². The molecule has 2 aromatic heterocycles. The molecule has 0 unspecified atom stereocenters. The SMILES string of the molecule is c1ccc(N(c2ccc3c(c2)C(c2ccccc2)(c2ccccc2)c2ccccc2-3)c2ccc3c(c2)[Si](c2ccc4c(c2)oc2ccccc24)(c2ccc4c(c2)oc2ccccc24)c2ccccc2N3c2ccccc2)cc1. The number of nitrogens with zero attached hydrogens (tertiary/aromatic N) is 2. The Morgan fingerprint density at radius 3 is 1.46 bits per heavy atom. The van der Waals surface area contributed by atoms with Crippen molar-refractivity contribution in [3.8, 4) is 11.1 Å². The highest BCUT2D eigenvalue weighted by Crippen LogP contribution is 2.57. The van der Waals surface area contributed by atoms with Gasteiger partial charge in [-0.05, 0) is 139 Å². The Labute approximate surface area is 453 Å². The van der Waals surface area contributed by atoms with Gasteiger partial charge in [-0.25, -0.2) is 0 Å². The van der Waals surface area contributed by atoms with Crippen molar-refractivity contribution in [2.24, 2.45) is 0 Å². The van der Waals surface area contributed by atoms with Crippen LogP contribution in [0.4, 0.5) is 34.1 Å². The molecule has 1 aliphatic heterocycles. The molecule has 1 aliphatic carbocycles. The van der Waals surface area contributed by atoms with Crippen molar-refractivity contribution in [2.45, 2.75) is 5.41 Å². The summed E-state index contributed by atoms with van der Waals surface area (Å²) in [6, 6.07) is 107. The summed E-state index contributed by atoms with van der Waals surface area (Å²) in [5.41, 5.74) is 17.0. The maximum atomic E-state index is 6.84. The highest BCUT2D eigenvalue weighted by atomic mass is 28.3. The van der Waals surface area contributed by atoms with Crippen LogP contribution in [0.2, 0.25) is 0 Å². The van der Waals surface area contributed by atoms with E-state index in [9.17, 15) is 0 Å². The van der Waals surface area contributed by atoms with Gasteiger partial charge in [-0.2, -0.15) is 0 Å². The van der Waals surface area contributed by atoms with E-state index in [1.807, 2.05) is 0 Å². The summed E-state index contributed by atoms with van der Waals surface area (Å²) in [6.45, 7) is 0. The van der Waals surface area contributed by atoms with Crippen LogP contribution in [0.5, 0.6) is 0 Å². The highest BCUT2D eigenvalue weighted by molar-refractivity contribution is 7.21. The zero-order chi connectivity index (χ0) is 51.4. The van der Waals surface area contributed by atoms with Crippen LogP contribution >= 0.6 is 0 Å². The lowest BCUT2D eigenvalue weighted by Gasteiger charge is -2.45. The van der Waals surface area contributed by atoms with Gasteiger partial charge in [0, 0.05) is 55.7 Å². The van der Waals surface area contributed by atoms with E-state index in [2.05, 4.69) is 301 Å². The second kappa shape index (κ2) is 17.3. The molecule has 0 saturated heterocycles. The minimum Gasteiger partial charge on any atom is -0.456 e. The van der Waals surface area contributed by atoms with E-state index >= 15 is 0 Å². The first-order valence-corrected chi connectivity index (χ1v) is 28.8. The molecule has 0 fully saturated rings. The fraction of sp³-hybridized carbons (Fsp3) is 0.0137. The van der Waals surface area contributed by atoms with E-state index in [4.69, 9.17) is 8.83 Å². The van der Waals surface area contributed by atoms with E-state index in [0.717, 1.165) is 78.0 Å². The van der Waals surface area contributed by atoms with Crippen molar-refractivity contribution in [2.75, 3.05) is 9.80 Å². The fourth-order valence-electron chi connectivity index (χ4n) is 13.6. The Hall–Kier alpha value is -9.94. The lowest BCUT2D eigenvalue weighted by molar-refractivity contribution is 0.669. The van der Waals surface area contributed by atoms with Crippen LogP contribution in [0.3, 0.4) is 0 Å². The maximum Gasteiger partial charge on any atom is 0.184 e. The second-order valence-corrected chi connectivity index (χ2v) is 24.4. The molecule has 3 heterocycles. The van der Waals surface area contributed by atoms with E-state index in [0.29, 0.717) is 0 Å². The number of hydrogen-bond acceptors (Lipinski definition) is 4. The van der Waals surface area contributed by atoms with Crippen LogP contribution in [0.15, 0.2) is 300 Å². The van der Waals surface area contributed by atoms with Crippen LogP contribution in [0.1, 0.15) is 22.3 Å². The Morgan fingerprint density at radius 2 is 0.808 bits per heavy atom. The fourth-order valence-corrected chi connectivity index (χ4v) is 18.7. The third kappa shape index (κ3) is 6.34. The molecule has 366 valence electrons. The molecule has 0 amide bonds. The molecule has 0 atom stereocenters. The smallest absolute Gasteiger partial charge is 0.184 e. The van der Waals surface area contributed by atoms with E-state index in [1.165, 1.54) is 54.1 Å². The normalized spacial score (nSPS) is 13.8. The summed E-state index contributed by atoms with van der Waals surface area (Å²) in [5, 5.41) is 9.41. The highest BCUT2D eigenvalue weighted by Gasteiger charge is 2.50. The molecule has 12 aromatic carbocycles. The van der Waals surface area contributed by atoms with Crippen molar-refractivity contribution in [1.82, 2.24) is 0 Å². The first kappa shape index (κ1) is 44.4. The number of benzene rings is 12. The molecule has 5 heteroatoms. The lowest BCUT2D eigenvalue weighted by Crippen LogP contribution is -2.77. The zero-order valence-corrected chi connectivity index (χ0v) is 43.4. The van der Waals surface area contributed by atoms with Gasteiger partial charge in [0.15, 0.2) is 8.07 Å². The molecule has 2 aliphatic rings. The zero-order valence-electron chi connectivity index (χ0n) is 42.4. The van der Waals surface area contributed by atoms with Crippen LogP contribution in [-0.2, 0) is 5.41 Å². The van der Waals surface area contributed by atoms with Crippen LogP contribution in [0, 0.1) is 0 Å². The topological polar surface area (TPSA) is 32.8 Å². The summed E-state index contributed by atoms with van der Waals surface area (Å²) in [5.74, 6) is 0. The molecular formula is C73H48N2O2Si. The molecule has 14 aromatic rings. The predicted molar refractivity (Wildman–Crippen MR) is 325 cm³/mol. The molecule has 0 saturated carbocycles. The van der Waals surface area contributed by atoms with Crippen molar-refractivity contribution in [3.05, 3.63) is 313 Å². The van der Waals surface area contributed by atoms with Gasteiger partial charge in [0.25, 0.3) is 0 Å². The molecule has 16 rings (SSSR count). The van der Waals surface area contributed by atoms with E-state index < -0.39 is 13.5 Å². The van der Waals surface area contributed by atoms with Gasteiger partial charge in [-0.1, -0.05) is 206 Å². The first-order valence-electron chi connectivity index (χ1n) is 26.8. The summed E-state index contributed by atoms with van der Waals surface area (Å²) in [6.07, 6.45) is 0. The lowest BCUT2D eigenvalue weighted by atomic mass is 9.67. The molecule has 0 N–H and O–H groups in total. The number of anilines is 6. The van der Waals surface area contributed by atoms with Crippen molar-refractivity contribution >= 4 is 107 Å². The summed E-state index contributed by atoms with van der Waals surface area (Å²) >= 11 is 0. The maximum absolute atomic E-state index is 6.84. The van der Waals surface area contributed by atoms with Crippen LogP contribution in [-0.4, -0.2) is 8.07 Å². The van der Waals surface area contributed by atoms with Gasteiger partial charge >= 0.3 is 0 Å². The van der Waals surface area contributed by atoms with Crippen molar-refractivity contribution < 1.29 is 8.83 Å². The van der Waals surface area contributed by atoms with E-state index in [1.54, 1.807) is 0 Å². The van der Waals surface area contributed by atoms with E-state index in [-0.39, 0.29) is 0 Å². The van der Waals surface area contributed by atoms with Crippen LogP contribution in [0.25, 0.3) is 55.0 Å². The van der Waals surface area contributed by atoms with Crippen LogP contribution < -0.4 is 30.5 Å². The quantitative estimate of drug-likeness (QED) is 0.142. The Balaban J connectivity index is 1.01. The standard InChI is InChI=1S/C73H48N2O2Si/c1-5-21-49(22-6-1)73(50-23-7-2-8-24-50)63-32-16-13-29-57(63)58-41-37-53(45-64(58)73)74(51-25-9-3-10-26-51)54-38-44-66-72(46-54)78(55-39-42-61-59-30-14-18-34-67(59)76-69(61)47-55,56-40-43-62-60-31-15-19-35-68(60)77-70(62)48-56)71-36-20-17-33-65(71)75(66)52-27-11-4-12-28-52/h1-48H. The summed E-state index contributed by atoms with van der Waals surface area (Å²) in [7, 11) is -3.42. The third-order valence-corrected chi connectivity index (χ3v) is 21.6. The number of fused-ring (bicyclic) bond motifs is 11. The molecule has 0 bridgehead atoms. The largest absolute Gasteiger partial charge is 0.456 e. The Kier molecular flexibility index (Phi) is 9.84. The molecular weight excluding hydrogens is 965 g/mol. The van der Waals surface area contributed by atoms with Gasteiger partial charge in [-0.15, -0.1) is 0 Å². The summed E-state index contributed by atoms with van der Waals surface area (Å²) in [4.78, 5) is 4.95. The molecule has 0 spiro atoms. The molecule has 4 nitrogen and oxygen atoms in total. The second-order valence-electron chi connectivity index (χ2n) is 20.7. The predicted octanol–water partition coefficient (Wildman–Crippen LogP) is 16.5. The number of para-hydroxylation sites is 5. The average molecular weight is 1010 g/mol. The Bertz CT molecular complexity index is 4490. The number of rotatable bonds is 8. The third-order valence-electron chi connectivity index (χ3n) is 16.8. The monoisotopic (exact) mass is 1010 g/mol. The van der Waals surface area contributed by atoms with Gasteiger partial charge in [0.05, 0.1) is 5.41 Å². The average Bonchev–Trinajstić information content (AvgIpc) is 3.80. The molecule has 78 heavy (non-hydrogen) atoms. The Morgan fingerprint density at radius 1 is 0.321 bits per heavy atom. The molecule has 0 radical (unpaired) electrons. The first-order chi connectivity index (χ1) is 38.7. The van der Waals surface area contributed by atoms with Crippen molar-refractivity contribution in [1.29, 1.82) is 0 Å². The van der Waals surface area contributed by atoms with Crippen molar-refractivity contribution in [3.63, 3.8) is 0 Å². The van der Waals surface area contributed by atoms with Gasteiger partial charge in [0.2, 0.25) is 0 Å². The summed E-state index contributed by atoms with van der Waals surface area (Å²) < 4.78 is 13.7.